The van der Waals surface area contributed by atoms with Gasteiger partial charge in [0.25, 0.3) is 0 Å². The van der Waals surface area contributed by atoms with Crippen molar-refractivity contribution >= 4 is 94.6 Å². The second-order valence-corrected chi connectivity index (χ2v) is 8.50. The molecule has 12 heteroatoms. The third kappa shape index (κ3) is 3.79. The Bertz CT molecular complexity index is 1690. The van der Waals surface area contributed by atoms with Crippen LogP contribution in [0.3, 0.4) is 0 Å². The number of fused-ring (bicyclic) bond motifs is 8. The molecule has 0 aliphatic carbocycles. The van der Waals surface area contributed by atoms with Crippen molar-refractivity contribution in [1.82, 2.24) is 19.9 Å². The maximum Gasteiger partial charge on any atom is 0.153 e. The highest BCUT2D eigenvalue weighted by atomic mass is 16.1. The molecule has 0 fully saturated rings. The predicted octanol–water partition coefficient (Wildman–Crippen LogP) is 2.18. The van der Waals surface area contributed by atoms with E-state index in [1.165, 1.54) is 24.3 Å². The summed E-state index contributed by atoms with van der Waals surface area (Å²) in [6.07, 6.45) is 3.18. The normalized spacial score (nSPS) is 12.6. The number of allylic oxidation sites excluding steroid dienone is 4. The number of nitrogens with one attached hydrogen (secondary N) is 2. The molecule has 5 heterocycles. The topological polar surface area (TPSA) is 194 Å². The van der Waals surface area contributed by atoms with Crippen LogP contribution in [0.5, 0.6) is 0 Å². The molecule has 2 N–H and O–H groups in total. The number of hydrogen-bond acceptors (Lipinski definition) is 10. The summed E-state index contributed by atoms with van der Waals surface area (Å²) in [6.45, 7) is 0. The first-order chi connectivity index (χ1) is 19.5. The lowest BCUT2D eigenvalue weighted by atomic mass is 10.1. The minimum atomic E-state index is -0.127. The Labute approximate surface area is 222 Å². The van der Waals surface area contributed by atoms with E-state index >= 15 is 0 Å². The van der Waals surface area contributed by atoms with E-state index in [0.29, 0.717) is 50.3 Å². The fourth-order valence-corrected chi connectivity index (χ4v) is 4.64. The number of aldehydes is 8. The third-order valence-corrected chi connectivity index (χ3v) is 6.51. The highest BCUT2D eigenvalue weighted by Gasteiger charge is 2.23. The largest absolute Gasteiger partial charge is 0.354 e. The number of rotatable bonds is 8. The molecule has 2 aliphatic heterocycles. The number of carbonyl (C=O) groups excluding carboxylic acids is 8. The molecule has 0 saturated carbocycles. The molecule has 0 unspecified atom stereocenters. The lowest BCUT2D eigenvalue weighted by molar-refractivity contribution is -0.104. The van der Waals surface area contributed by atoms with Crippen molar-refractivity contribution in [3.63, 3.8) is 0 Å². The van der Waals surface area contributed by atoms with Crippen LogP contribution >= 0.6 is 0 Å². The summed E-state index contributed by atoms with van der Waals surface area (Å²) >= 11 is 0. The molecule has 3 aromatic rings. The molecule has 8 bridgehead atoms. The highest BCUT2D eigenvalue weighted by molar-refractivity contribution is 6.31. The summed E-state index contributed by atoms with van der Waals surface area (Å²) in [6, 6.07) is 5.11. The molecular formula is C28H14N4O8. The smallest absolute Gasteiger partial charge is 0.153 e. The maximum atomic E-state index is 12.0. The quantitative estimate of drug-likeness (QED) is 0.404. The van der Waals surface area contributed by atoms with Gasteiger partial charge in [0.15, 0.2) is 50.3 Å². The molecule has 0 radical (unpaired) electrons. The van der Waals surface area contributed by atoms with Crippen molar-refractivity contribution in [2.45, 2.75) is 0 Å². The van der Waals surface area contributed by atoms with Gasteiger partial charge >= 0.3 is 0 Å². The van der Waals surface area contributed by atoms with Gasteiger partial charge in [-0.2, -0.15) is 0 Å². The maximum absolute atomic E-state index is 12.0. The van der Waals surface area contributed by atoms with Gasteiger partial charge in [0.1, 0.15) is 0 Å². The Kier molecular flexibility index (Phi) is 6.41. The van der Waals surface area contributed by atoms with Crippen molar-refractivity contribution in [2.24, 2.45) is 0 Å². The zero-order chi connectivity index (χ0) is 28.6. The summed E-state index contributed by atoms with van der Waals surface area (Å²) in [4.78, 5) is 110. The van der Waals surface area contributed by atoms with E-state index in [1.807, 2.05) is 0 Å². The molecule has 194 valence electrons. The van der Waals surface area contributed by atoms with Crippen LogP contribution in [0, 0.1) is 0 Å². The first-order valence-corrected chi connectivity index (χ1v) is 11.4. The molecule has 0 aromatic carbocycles. The molecule has 2 aliphatic rings. The number of carbonyl (C=O) groups is 8. The Morgan fingerprint density at radius 1 is 0.375 bits per heavy atom. The van der Waals surface area contributed by atoms with E-state index in [0.717, 1.165) is 0 Å². The van der Waals surface area contributed by atoms with Crippen molar-refractivity contribution in [2.75, 3.05) is 0 Å². The molecule has 0 saturated heterocycles. The van der Waals surface area contributed by atoms with Crippen molar-refractivity contribution in [3.05, 3.63) is 69.3 Å². The van der Waals surface area contributed by atoms with Gasteiger partial charge < -0.3 is 9.97 Å². The molecule has 5 rings (SSSR count). The first kappa shape index (κ1) is 25.6. The average Bonchev–Trinajstić information content (AvgIpc) is 3.67. The van der Waals surface area contributed by atoms with Crippen molar-refractivity contribution in [1.29, 1.82) is 0 Å². The van der Waals surface area contributed by atoms with Crippen LogP contribution in [0.1, 0.15) is 64.2 Å². The minimum Gasteiger partial charge on any atom is -0.354 e. The number of aromatic nitrogens is 4. The fraction of sp³-hybridized carbons (Fsp3) is 0. The van der Waals surface area contributed by atoms with Crippen LogP contribution in [-0.4, -0.2) is 70.2 Å². The van der Waals surface area contributed by atoms with E-state index in [9.17, 15) is 38.4 Å². The third-order valence-electron chi connectivity index (χ3n) is 6.51. The van der Waals surface area contributed by atoms with Crippen LogP contribution in [0.2, 0.25) is 0 Å². The lowest BCUT2D eigenvalue weighted by Crippen LogP contribution is -1.89. The molecule has 40 heavy (non-hydrogen) atoms. The number of nitrogens with zero attached hydrogens (tertiary/aromatic N) is 2. The Morgan fingerprint density at radius 2 is 0.600 bits per heavy atom. The van der Waals surface area contributed by atoms with Gasteiger partial charge in [0, 0.05) is 0 Å². The van der Waals surface area contributed by atoms with E-state index in [-0.39, 0.29) is 89.4 Å². The minimum absolute atomic E-state index is 0.0315. The van der Waals surface area contributed by atoms with Gasteiger partial charge in [0.05, 0.1) is 89.4 Å². The summed E-state index contributed by atoms with van der Waals surface area (Å²) in [5.74, 6) is 0. The monoisotopic (exact) mass is 534 g/mol. The van der Waals surface area contributed by atoms with Gasteiger partial charge in [-0.25, -0.2) is 9.97 Å². The van der Waals surface area contributed by atoms with E-state index in [2.05, 4.69) is 19.9 Å². The second kappa shape index (κ2) is 10.0. The summed E-state index contributed by atoms with van der Waals surface area (Å²) in [7, 11) is 0. The molecule has 3 aromatic heterocycles. The van der Waals surface area contributed by atoms with Gasteiger partial charge in [0.2, 0.25) is 0 Å². The van der Waals surface area contributed by atoms with Gasteiger partial charge in [-0.1, -0.05) is 0 Å². The summed E-state index contributed by atoms with van der Waals surface area (Å²) < 4.78 is 0. The first-order valence-electron chi connectivity index (χ1n) is 11.4. The molecular weight excluding hydrogens is 520 g/mol. The highest BCUT2D eigenvalue weighted by Crippen LogP contribution is 2.32. The SMILES string of the molecule is O=CC1=C(C=O)c2cc3[nH]c(cc4nc(cc5[nH]c(cc1n2)c(C=O)c5C=O)C(C=O)=C4C=O)c(C=O)c3C=O. The lowest BCUT2D eigenvalue weighted by Gasteiger charge is -1.93. The van der Waals surface area contributed by atoms with Crippen LogP contribution in [0.4, 0.5) is 0 Å². The molecule has 0 amide bonds. The van der Waals surface area contributed by atoms with Gasteiger partial charge in [-0.05, 0) is 24.3 Å². The van der Waals surface area contributed by atoms with E-state index < -0.39 is 0 Å². The van der Waals surface area contributed by atoms with E-state index in [4.69, 9.17) is 0 Å². The number of hydrogen-bond donors (Lipinski definition) is 2. The second-order valence-electron chi connectivity index (χ2n) is 8.50. The van der Waals surface area contributed by atoms with Crippen LogP contribution < -0.4 is 0 Å². The van der Waals surface area contributed by atoms with Gasteiger partial charge in [-0.3, -0.25) is 38.4 Å². The van der Waals surface area contributed by atoms with Crippen LogP contribution in [-0.2, 0) is 19.2 Å². The number of H-pyrrole nitrogens is 2. The Morgan fingerprint density at radius 3 is 0.775 bits per heavy atom. The van der Waals surface area contributed by atoms with E-state index in [1.54, 1.807) is 0 Å². The fourth-order valence-electron chi connectivity index (χ4n) is 4.64. The van der Waals surface area contributed by atoms with Crippen molar-refractivity contribution < 1.29 is 38.4 Å². The molecule has 0 spiro atoms. The predicted molar refractivity (Wildman–Crippen MR) is 140 cm³/mol. The average molecular weight is 534 g/mol. The van der Waals surface area contributed by atoms with Gasteiger partial charge in [-0.15, -0.1) is 0 Å². The molecule has 12 nitrogen and oxygen atoms in total. The van der Waals surface area contributed by atoms with Crippen LogP contribution in [0.25, 0.3) is 44.4 Å². The number of aromatic amines is 2. The van der Waals surface area contributed by atoms with Crippen LogP contribution in [0.15, 0.2) is 24.3 Å². The standard InChI is InChI=1S/C28H14N4O8/c33-5-13-15(7-35)23-2-25-17(9-37)19(11-39)27(31-25)4-28-20(12-40)18(10-38)26(32-28)3-24-16(8-36)14(6-34)22(30-24)1-21(13)29-23/h1-12,29,32H. The summed E-state index contributed by atoms with van der Waals surface area (Å²) in [5.41, 5.74) is -0.808. The zero-order valence-corrected chi connectivity index (χ0v) is 20.1. The Hall–Kier alpha value is -6.04. The van der Waals surface area contributed by atoms with Crippen molar-refractivity contribution in [3.8, 4) is 0 Å². The Balaban J connectivity index is 2.09. The zero-order valence-electron chi connectivity index (χ0n) is 20.1. The summed E-state index contributed by atoms with van der Waals surface area (Å²) in [5, 5.41) is 0. The molecule has 0 atom stereocenters.